The monoisotopic (exact) mass is 449 g/mol. The van der Waals surface area contributed by atoms with Gasteiger partial charge in [0.1, 0.15) is 12.6 Å². The highest BCUT2D eigenvalue weighted by molar-refractivity contribution is 5.93. The number of hydrogen-bond donors (Lipinski definition) is 1. The molecule has 33 heavy (non-hydrogen) atoms. The van der Waals surface area contributed by atoms with Gasteiger partial charge in [-0.3, -0.25) is 9.59 Å². The van der Waals surface area contributed by atoms with E-state index in [1.807, 2.05) is 60.7 Å². The molecule has 0 bridgehead atoms. The first-order valence-corrected chi connectivity index (χ1v) is 11.7. The number of rotatable bonds is 8. The van der Waals surface area contributed by atoms with Gasteiger partial charge < -0.3 is 19.9 Å². The molecule has 3 amide bonds. The molecule has 174 valence electrons. The second-order valence-corrected chi connectivity index (χ2v) is 8.63. The quantitative estimate of drug-likeness (QED) is 0.672. The van der Waals surface area contributed by atoms with E-state index in [-0.39, 0.29) is 24.3 Å². The summed E-state index contributed by atoms with van der Waals surface area (Å²) in [7, 11) is 0. The molecule has 2 aromatic rings. The van der Waals surface area contributed by atoms with E-state index < -0.39 is 12.1 Å². The van der Waals surface area contributed by atoms with Crippen LogP contribution in [0, 0.1) is 0 Å². The highest BCUT2D eigenvalue weighted by Crippen LogP contribution is 2.25. The van der Waals surface area contributed by atoms with Crippen molar-refractivity contribution in [2.24, 2.45) is 0 Å². The number of amides is 3. The molecule has 2 atom stereocenters. The van der Waals surface area contributed by atoms with Gasteiger partial charge in [0.05, 0.1) is 12.6 Å². The highest BCUT2D eigenvalue weighted by Gasteiger charge is 2.41. The molecule has 7 heteroatoms. The molecule has 0 spiro atoms. The van der Waals surface area contributed by atoms with Gasteiger partial charge in [-0.05, 0) is 36.8 Å². The summed E-state index contributed by atoms with van der Waals surface area (Å²) < 4.78 is 5.62. The minimum Gasteiger partial charge on any atom is -0.369 e. The lowest BCUT2D eigenvalue weighted by Crippen LogP contribution is -2.53. The fraction of sp³-hybridized carbons (Fsp3) is 0.423. The van der Waals surface area contributed by atoms with Crippen LogP contribution in [0.4, 0.5) is 4.79 Å². The Morgan fingerprint density at radius 3 is 2.12 bits per heavy atom. The highest BCUT2D eigenvalue weighted by atomic mass is 16.5. The van der Waals surface area contributed by atoms with Gasteiger partial charge in [-0.15, -0.1) is 0 Å². The number of urea groups is 1. The van der Waals surface area contributed by atoms with Gasteiger partial charge in [0.2, 0.25) is 5.91 Å². The summed E-state index contributed by atoms with van der Waals surface area (Å²) in [5, 5.41) is 2.92. The van der Waals surface area contributed by atoms with Crippen LogP contribution in [0.1, 0.15) is 36.8 Å². The van der Waals surface area contributed by atoms with Gasteiger partial charge in [-0.1, -0.05) is 60.7 Å². The minimum absolute atomic E-state index is 0.0186. The van der Waals surface area contributed by atoms with Crippen molar-refractivity contribution >= 4 is 17.7 Å². The maximum Gasteiger partial charge on any atom is 0.318 e. The van der Waals surface area contributed by atoms with E-state index in [0.717, 1.165) is 24.0 Å². The first-order valence-electron chi connectivity index (χ1n) is 11.7. The molecule has 1 N–H and O–H groups in total. The third-order valence-corrected chi connectivity index (χ3v) is 6.35. The third-order valence-electron chi connectivity index (χ3n) is 6.35. The number of nitrogens with one attached hydrogen (secondary N) is 1. The Kier molecular flexibility index (Phi) is 7.73. The van der Waals surface area contributed by atoms with Gasteiger partial charge in [0.15, 0.2) is 5.78 Å². The number of benzene rings is 2. The van der Waals surface area contributed by atoms with E-state index in [1.165, 1.54) is 0 Å². The van der Waals surface area contributed by atoms with Crippen LogP contribution in [0.25, 0.3) is 0 Å². The van der Waals surface area contributed by atoms with Crippen LogP contribution in [-0.2, 0) is 27.5 Å². The van der Waals surface area contributed by atoms with Gasteiger partial charge in [-0.25, -0.2) is 4.79 Å². The first-order chi connectivity index (χ1) is 16.1. The Morgan fingerprint density at radius 2 is 1.42 bits per heavy atom. The Morgan fingerprint density at radius 1 is 0.818 bits per heavy atom. The standard InChI is InChI=1S/C26H31N3O4/c30-24(19-33-18-21-11-5-2-6-12-21)22-13-7-15-28(22)25(31)23-14-8-16-29(23)26(32)27-17-20-9-3-1-4-10-20/h1-6,9-12,22-23H,7-8,13-19H2,(H,27,32)/t22-,23-/m0/s1. The third kappa shape index (κ3) is 5.79. The van der Waals surface area contributed by atoms with Crippen molar-refractivity contribution in [3.63, 3.8) is 0 Å². The van der Waals surface area contributed by atoms with Crippen LogP contribution in [0.15, 0.2) is 60.7 Å². The Labute approximate surface area is 194 Å². The fourth-order valence-corrected chi connectivity index (χ4v) is 4.64. The number of hydrogen-bond acceptors (Lipinski definition) is 4. The van der Waals surface area contributed by atoms with Crippen LogP contribution in [-0.4, -0.2) is 59.3 Å². The van der Waals surface area contributed by atoms with Crippen molar-refractivity contribution in [3.8, 4) is 0 Å². The van der Waals surface area contributed by atoms with E-state index in [2.05, 4.69) is 5.32 Å². The molecule has 2 fully saturated rings. The van der Waals surface area contributed by atoms with Crippen LogP contribution in [0.3, 0.4) is 0 Å². The molecule has 0 saturated carbocycles. The molecule has 2 aliphatic heterocycles. The smallest absolute Gasteiger partial charge is 0.318 e. The van der Waals surface area contributed by atoms with Crippen molar-refractivity contribution in [2.45, 2.75) is 50.9 Å². The average Bonchev–Trinajstić information content (AvgIpc) is 3.54. The van der Waals surface area contributed by atoms with Crippen molar-refractivity contribution < 1.29 is 19.1 Å². The first kappa shape index (κ1) is 23.0. The van der Waals surface area contributed by atoms with Crippen LogP contribution in [0.5, 0.6) is 0 Å². The normalized spacial score (nSPS) is 20.1. The zero-order chi connectivity index (χ0) is 23.0. The van der Waals surface area contributed by atoms with Gasteiger partial charge >= 0.3 is 6.03 Å². The number of carbonyl (C=O) groups excluding carboxylic acids is 3. The second kappa shape index (κ2) is 11.1. The maximum atomic E-state index is 13.4. The van der Waals surface area contributed by atoms with E-state index in [9.17, 15) is 14.4 Å². The van der Waals surface area contributed by atoms with Crippen molar-refractivity contribution in [3.05, 3.63) is 71.8 Å². The summed E-state index contributed by atoms with van der Waals surface area (Å²) >= 11 is 0. The van der Waals surface area contributed by atoms with Crippen LogP contribution >= 0.6 is 0 Å². The zero-order valence-electron chi connectivity index (χ0n) is 18.8. The Bertz CT molecular complexity index is 951. The largest absolute Gasteiger partial charge is 0.369 e. The van der Waals surface area contributed by atoms with Crippen molar-refractivity contribution in [2.75, 3.05) is 19.7 Å². The Balaban J connectivity index is 1.31. The average molecular weight is 450 g/mol. The molecule has 2 aliphatic rings. The molecule has 0 aliphatic carbocycles. The lowest BCUT2D eigenvalue weighted by molar-refractivity contribution is -0.142. The zero-order valence-corrected chi connectivity index (χ0v) is 18.8. The molecule has 0 unspecified atom stereocenters. The van der Waals surface area contributed by atoms with Crippen LogP contribution in [0.2, 0.25) is 0 Å². The number of Topliss-reactive ketones (excluding diaryl/α,β-unsaturated/α-hetero) is 1. The van der Waals surface area contributed by atoms with Gasteiger partial charge in [0, 0.05) is 19.6 Å². The second-order valence-electron chi connectivity index (χ2n) is 8.63. The molecule has 4 rings (SSSR count). The molecule has 2 aromatic carbocycles. The molecule has 2 heterocycles. The topological polar surface area (TPSA) is 79.0 Å². The van der Waals surface area contributed by atoms with Crippen molar-refractivity contribution in [1.29, 1.82) is 0 Å². The summed E-state index contributed by atoms with van der Waals surface area (Å²) in [6.07, 6.45) is 2.83. The van der Waals surface area contributed by atoms with Crippen molar-refractivity contribution in [1.82, 2.24) is 15.1 Å². The molecule has 2 saturated heterocycles. The van der Waals surface area contributed by atoms with E-state index in [4.69, 9.17) is 4.74 Å². The number of ketones is 1. The van der Waals surface area contributed by atoms with E-state index >= 15 is 0 Å². The number of nitrogens with zero attached hydrogens (tertiary/aromatic N) is 2. The van der Waals surface area contributed by atoms with Gasteiger partial charge in [0.25, 0.3) is 0 Å². The SMILES string of the molecule is O=C(COCc1ccccc1)[C@@H]1CCCN1C(=O)[C@@H]1CCCN1C(=O)NCc1ccccc1. The predicted molar refractivity (Wildman–Crippen MR) is 124 cm³/mol. The lowest BCUT2D eigenvalue weighted by atomic mass is 10.1. The number of carbonyl (C=O) groups is 3. The maximum absolute atomic E-state index is 13.4. The molecular weight excluding hydrogens is 418 g/mol. The molecule has 0 radical (unpaired) electrons. The van der Waals surface area contributed by atoms with E-state index in [1.54, 1.807) is 9.80 Å². The van der Waals surface area contributed by atoms with E-state index in [0.29, 0.717) is 39.1 Å². The summed E-state index contributed by atoms with van der Waals surface area (Å²) in [5.74, 6) is -0.198. The van der Waals surface area contributed by atoms with Gasteiger partial charge in [-0.2, -0.15) is 0 Å². The minimum atomic E-state index is -0.514. The summed E-state index contributed by atoms with van der Waals surface area (Å²) in [4.78, 5) is 42.3. The molecular formula is C26H31N3O4. The fourth-order valence-electron chi connectivity index (χ4n) is 4.64. The molecule has 7 nitrogen and oxygen atoms in total. The van der Waals surface area contributed by atoms with Crippen LogP contribution < -0.4 is 5.32 Å². The predicted octanol–water partition coefficient (Wildman–Crippen LogP) is 3.14. The Hall–Kier alpha value is -3.19. The summed E-state index contributed by atoms with van der Waals surface area (Å²) in [5.41, 5.74) is 2.02. The number of ether oxygens (including phenoxy) is 1. The number of likely N-dealkylation sites (tertiary alicyclic amines) is 2. The lowest BCUT2D eigenvalue weighted by Gasteiger charge is -2.31. The summed E-state index contributed by atoms with van der Waals surface area (Å²) in [6.45, 7) is 1.86. The molecule has 0 aromatic heterocycles. The summed E-state index contributed by atoms with van der Waals surface area (Å²) in [6, 6.07) is 18.2.